The number of hydrogen-bond donors (Lipinski definition) is 0. The lowest BCUT2D eigenvalue weighted by molar-refractivity contribution is -0.133. The van der Waals surface area contributed by atoms with E-state index in [1.165, 1.54) is 0 Å². The van der Waals surface area contributed by atoms with Gasteiger partial charge in [-0.15, -0.1) is 0 Å². The first-order chi connectivity index (χ1) is 8.20. The molecular weight excluding hydrogens is 238 g/mol. The van der Waals surface area contributed by atoms with Gasteiger partial charge in [-0.25, -0.2) is 0 Å². The van der Waals surface area contributed by atoms with Crippen molar-refractivity contribution < 1.29 is 9.59 Å². The van der Waals surface area contributed by atoms with E-state index < -0.39 is 0 Å². The van der Waals surface area contributed by atoms with Crippen molar-refractivity contribution in [3.05, 3.63) is 34.3 Å². The molecule has 1 aromatic carbocycles. The second-order valence-corrected chi connectivity index (χ2v) is 4.65. The molecule has 0 spiro atoms. The molecule has 0 atom stereocenters. The van der Waals surface area contributed by atoms with Crippen molar-refractivity contribution in [1.29, 1.82) is 0 Å². The van der Waals surface area contributed by atoms with Gasteiger partial charge in [0.15, 0.2) is 6.29 Å². The number of amides is 1. The summed E-state index contributed by atoms with van der Waals surface area (Å²) >= 11 is 5.86. The molecule has 0 aliphatic carbocycles. The average Bonchev–Trinajstić information content (AvgIpc) is 2.34. The number of aldehydes is 1. The zero-order valence-electron chi connectivity index (χ0n) is 9.49. The van der Waals surface area contributed by atoms with Gasteiger partial charge in [-0.3, -0.25) is 9.59 Å². The summed E-state index contributed by atoms with van der Waals surface area (Å²) in [6.45, 7) is 1.37. The molecule has 1 fully saturated rings. The fraction of sp³-hybridized carbons (Fsp3) is 0.385. The summed E-state index contributed by atoms with van der Waals surface area (Å²) < 4.78 is 0. The van der Waals surface area contributed by atoms with Crippen molar-refractivity contribution in [2.45, 2.75) is 25.8 Å². The minimum absolute atomic E-state index is 0.193. The average molecular weight is 252 g/mol. The summed E-state index contributed by atoms with van der Waals surface area (Å²) in [5, 5.41) is 0.453. The molecule has 3 nitrogen and oxygen atoms in total. The number of hydrogen-bond acceptors (Lipinski definition) is 2. The number of piperidine rings is 1. The zero-order valence-corrected chi connectivity index (χ0v) is 10.2. The number of carbonyl (C=O) groups excluding carboxylic acids is 2. The highest BCUT2D eigenvalue weighted by Gasteiger charge is 2.18. The van der Waals surface area contributed by atoms with Crippen LogP contribution in [-0.4, -0.2) is 23.6 Å². The largest absolute Gasteiger partial charge is 0.338 e. The highest BCUT2D eigenvalue weighted by Crippen LogP contribution is 2.19. The first-order valence-corrected chi connectivity index (χ1v) is 6.10. The Kier molecular flexibility index (Phi) is 3.79. The maximum atomic E-state index is 11.7. The molecule has 17 heavy (non-hydrogen) atoms. The van der Waals surface area contributed by atoms with Crippen molar-refractivity contribution in [2.75, 3.05) is 6.54 Å². The summed E-state index contributed by atoms with van der Waals surface area (Å²) in [5.74, 6) is 0.193. The van der Waals surface area contributed by atoms with E-state index >= 15 is 0 Å². The van der Waals surface area contributed by atoms with Crippen LogP contribution in [0.3, 0.4) is 0 Å². The first-order valence-electron chi connectivity index (χ1n) is 5.72. The summed E-state index contributed by atoms with van der Waals surface area (Å²) in [6, 6.07) is 5.31. The topological polar surface area (TPSA) is 37.4 Å². The third-order valence-electron chi connectivity index (χ3n) is 2.98. The highest BCUT2D eigenvalue weighted by atomic mass is 35.5. The van der Waals surface area contributed by atoms with Crippen molar-refractivity contribution in [1.82, 2.24) is 4.90 Å². The van der Waals surface area contributed by atoms with E-state index in [4.69, 9.17) is 11.6 Å². The van der Waals surface area contributed by atoms with Gasteiger partial charge in [0.05, 0.1) is 5.02 Å². The van der Waals surface area contributed by atoms with Crippen molar-refractivity contribution in [2.24, 2.45) is 0 Å². The predicted molar refractivity (Wildman–Crippen MR) is 66.1 cm³/mol. The SMILES string of the molecule is O=Cc1cc(CN2CCCCC2=O)ccc1Cl. The number of likely N-dealkylation sites (tertiary alicyclic amines) is 1. The summed E-state index contributed by atoms with van der Waals surface area (Å²) in [7, 11) is 0. The van der Waals surface area contributed by atoms with Crippen LogP contribution >= 0.6 is 11.6 Å². The third-order valence-corrected chi connectivity index (χ3v) is 3.33. The van der Waals surface area contributed by atoms with E-state index in [0.29, 0.717) is 23.6 Å². The Bertz CT molecular complexity index is 445. The smallest absolute Gasteiger partial charge is 0.222 e. The molecule has 0 aromatic heterocycles. The quantitative estimate of drug-likeness (QED) is 0.775. The van der Waals surface area contributed by atoms with Crippen molar-refractivity contribution in [3.63, 3.8) is 0 Å². The van der Waals surface area contributed by atoms with Gasteiger partial charge in [-0.2, -0.15) is 0 Å². The van der Waals surface area contributed by atoms with Gasteiger partial charge in [-0.05, 0) is 30.5 Å². The Morgan fingerprint density at radius 1 is 1.35 bits per heavy atom. The van der Waals surface area contributed by atoms with Crippen LogP contribution in [0.4, 0.5) is 0 Å². The molecule has 1 aliphatic heterocycles. The molecule has 2 rings (SSSR count). The number of benzene rings is 1. The molecule has 1 amide bonds. The van der Waals surface area contributed by atoms with E-state index in [-0.39, 0.29) is 5.91 Å². The predicted octanol–water partition coefficient (Wildman–Crippen LogP) is 2.67. The maximum absolute atomic E-state index is 11.7. The molecule has 1 saturated heterocycles. The Balaban J connectivity index is 2.12. The second-order valence-electron chi connectivity index (χ2n) is 4.25. The van der Waals surface area contributed by atoms with Crippen LogP contribution in [0.25, 0.3) is 0 Å². The molecule has 0 N–H and O–H groups in total. The molecule has 0 radical (unpaired) electrons. The van der Waals surface area contributed by atoms with Gasteiger partial charge in [0.25, 0.3) is 0 Å². The van der Waals surface area contributed by atoms with Gasteiger partial charge >= 0.3 is 0 Å². The maximum Gasteiger partial charge on any atom is 0.222 e. The van der Waals surface area contributed by atoms with E-state index in [9.17, 15) is 9.59 Å². The molecule has 4 heteroatoms. The fourth-order valence-corrected chi connectivity index (χ4v) is 2.19. The van der Waals surface area contributed by atoms with Crippen LogP contribution < -0.4 is 0 Å². The summed E-state index contributed by atoms with van der Waals surface area (Å²) in [5.41, 5.74) is 1.43. The minimum atomic E-state index is 0.193. The highest BCUT2D eigenvalue weighted by molar-refractivity contribution is 6.32. The van der Waals surface area contributed by atoms with Crippen LogP contribution in [0.2, 0.25) is 5.02 Å². The monoisotopic (exact) mass is 251 g/mol. The van der Waals surface area contributed by atoms with Crippen molar-refractivity contribution >= 4 is 23.8 Å². The van der Waals surface area contributed by atoms with Crippen LogP contribution in [0, 0.1) is 0 Å². The van der Waals surface area contributed by atoms with Crippen LogP contribution in [-0.2, 0) is 11.3 Å². The molecule has 90 valence electrons. The lowest BCUT2D eigenvalue weighted by atomic mass is 10.1. The van der Waals surface area contributed by atoms with Gasteiger partial charge in [0.2, 0.25) is 5.91 Å². The minimum Gasteiger partial charge on any atom is -0.338 e. The Hall–Kier alpha value is -1.35. The lowest BCUT2D eigenvalue weighted by Crippen LogP contribution is -2.34. The second kappa shape index (κ2) is 5.32. The summed E-state index contributed by atoms with van der Waals surface area (Å²) in [6.07, 6.45) is 3.41. The number of rotatable bonds is 3. The fourth-order valence-electron chi connectivity index (χ4n) is 2.03. The Morgan fingerprint density at radius 2 is 2.18 bits per heavy atom. The van der Waals surface area contributed by atoms with Gasteiger partial charge < -0.3 is 4.90 Å². The zero-order chi connectivity index (χ0) is 12.3. The van der Waals surface area contributed by atoms with Crippen molar-refractivity contribution in [3.8, 4) is 0 Å². The lowest BCUT2D eigenvalue weighted by Gasteiger charge is -2.26. The van der Waals surface area contributed by atoms with Crippen LogP contribution in [0.5, 0.6) is 0 Å². The van der Waals surface area contributed by atoms with Gasteiger partial charge in [0, 0.05) is 25.1 Å². The van der Waals surface area contributed by atoms with Crippen LogP contribution in [0.1, 0.15) is 35.2 Å². The van der Waals surface area contributed by atoms with E-state index in [1.54, 1.807) is 12.1 Å². The van der Waals surface area contributed by atoms with E-state index in [1.807, 2.05) is 11.0 Å². The van der Waals surface area contributed by atoms with Crippen LogP contribution in [0.15, 0.2) is 18.2 Å². The number of carbonyl (C=O) groups is 2. The standard InChI is InChI=1S/C13H14ClNO2/c14-12-5-4-10(7-11(12)9-16)8-15-6-2-1-3-13(15)17/h4-5,7,9H,1-3,6,8H2. The Labute approximate surface area is 105 Å². The number of halogens is 1. The first kappa shape index (κ1) is 12.1. The molecule has 0 saturated carbocycles. The molecule has 0 unspecified atom stereocenters. The molecule has 1 aromatic rings. The Morgan fingerprint density at radius 3 is 2.88 bits per heavy atom. The number of nitrogens with zero attached hydrogens (tertiary/aromatic N) is 1. The van der Waals surface area contributed by atoms with E-state index in [2.05, 4.69) is 0 Å². The molecule has 0 bridgehead atoms. The normalized spacial score (nSPS) is 16.1. The van der Waals surface area contributed by atoms with Gasteiger partial charge in [-0.1, -0.05) is 17.7 Å². The molecule has 1 aliphatic rings. The molecule has 1 heterocycles. The third kappa shape index (κ3) is 2.86. The van der Waals surface area contributed by atoms with Gasteiger partial charge in [0.1, 0.15) is 0 Å². The molecular formula is C13H14ClNO2. The van der Waals surface area contributed by atoms with E-state index in [0.717, 1.165) is 31.2 Å². The summed E-state index contributed by atoms with van der Waals surface area (Å²) in [4.78, 5) is 24.3.